The first-order chi connectivity index (χ1) is 24.1. The van der Waals surface area contributed by atoms with Crippen molar-refractivity contribution in [1.82, 2.24) is 4.40 Å². The van der Waals surface area contributed by atoms with Gasteiger partial charge in [0, 0.05) is 55.4 Å². The van der Waals surface area contributed by atoms with Crippen molar-refractivity contribution in [2.75, 3.05) is 9.80 Å². The molecule has 0 atom stereocenters. The summed E-state index contributed by atoms with van der Waals surface area (Å²) in [6, 6.07) is 54.1. The number of hydrogen-bond donors (Lipinski definition) is 0. The molecule has 12 rings (SSSR count). The average Bonchev–Trinajstić information content (AvgIpc) is 3.67. The first-order valence-corrected chi connectivity index (χ1v) is 17.3. The van der Waals surface area contributed by atoms with E-state index < -0.39 is 0 Å². The van der Waals surface area contributed by atoms with Gasteiger partial charge in [-0.25, -0.2) is 0 Å². The predicted molar refractivity (Wildman–Crippen MR) is 207 cm³/mol. The Labute approximate surface area is 284 Å². The maximum atomic E-state index is 2.60. The van der Waals surface area contributed by atoms with Crippen molar-refractivity contribution in [2.45, 2.75) is 19.3 Å². The monoisotopic (exact) mass is 623 g/mol. The predicted octanol–water partition coefficient (Wildman–Crippen LogP) is 9.56. The van der Waals surface area contributed by atoms with Crippen LogP contribution in [0.5, 0.6) is 0 Å². The molecule has 0 spiro atoms. The van der Waals surface area contributed by atoms with E-state index in [4.69, 9.17) is 0 Å². The van der Waals surface area contributed by atoms with Crippen LogP contribution in [0.2, 0.25) is 0 Å². The molecule has 3 aliphatic rings. The Hall–Kier alpha value is -6.00. The number of benzene rings is 7. The minimum absolute atomic E-state index is 0.103. The molecule has 0 saturated carbocycles. The molecule has 0 unspecified atom stereocenters. The number of anilines is 6. The number of nitrogens with zero attached hydrogens (tertiary/aromatic N) is 3. The molecular formula is C45H30BN3. The number of para-hydroxylation sites is 4. The maximum absolute atomic E-state index is 2.60. The summed E-state index contributed by atoms with van der Waals surface area (Å²) in [7, 11) is 0. The van der Waals surface area contributed by atoms with Crippen LogP contribution >= 0.6 is 0 Å². The van der Waals surface area contributed by atoms with Gasteiger partial charge in [-0.05, 0) is 82.1 Å². The van der Waals surface area contributed by atoms with Gasteiger partial charge in [0.15, 0.2) is 0 Å². The summed E-state index contributed by atoms with van der Waals surface area (Å²) < 4.78 is 2.56. The Morgan fingerprint density at radius 3 is 1.67 bits per heavy atom. The number of hydrogen-bond acceptors (Lipinski definition) is 2. The lowest BCUT2D eigenvalue weighted by atomic mass is 9.28. The van der Waals surface area contributed by atoms with Crippen LogP contribution in [0.25, 0.3) is 38.1 Å². The van der Waals surface area contributed by atoms with Crippen molar-refractivity contribution in [3.8, 4) is 0 Å². The van der Waals surface area contributed by atoms with Gasteiger partial charge in [-0.15, -0.1) is 0 Å². The molecule has 0 radical (unpaired) electrons. The van der Waals surface area contributed by atoms with Crippen LogP contribution < -0.4 is 26.2 Å². The molecular weight excluding hydrogens is 593 g/mol. The third kappa shape index (κ3) is 2.91. The summed E-state index contributed by atoms with van der Waals surface area (Å²) in [6.07, 6.45) is 0. The lowest BCUT2D eigenvalue weighted by Gasteiger charge is -2.50. The maximum Gasteiger partial charge on any atom is 0.253 e. The molecule has 7 aromatic carbocycles. The molecule has 0 aliphatic carbocycles. The summed E-state index contributed by atoms with van der Waals surface area (Å²) >= 11 is 0. The molecule has 5 heterocycles. The quantitative estimate of drug-likeness (QED) is 0.178. The van der Waals surface area contributed by atoms with Crippen LogP contribution in [-0.2, 0) is 5.41 Å². The lowest BCUT2D eigenvalue weighted by Crippen LogP contribution is -2.67. The number of aromatic nitrogens is 1. The van der Waals surface area contributed by atoms with E-state index in [0.717, 1.165) is 0 Å². The molecule has 4 heteroatoms. The van der Waals surface area contributed by atoms with Crippen LogP contribution in [0.4, 0.5) is 34.1 Å². The molecule has 3 aliphatic heterocycles. The van der Waals surface area contributed by atoms with Gasteiger partial charge in [0.05, 0.1) is 22.2 Å². The standard InChI is InChI=1S/C45H30BN3/c1-45(2)31-21-13-24-34-40(31)46-41-35(47(34)27-15-5-3-6-16-27)25-14-26-36(41)48(28-17-7-4-8-18-28)44-38-30-20-10-12-23-33(30)49-32-22-11-9-19-29(32)37(43(38)49)39(45)42(44)46/h3-26H,1-2H3. The Morgan fingerprint density at radius 2 is 1.00 bits per heavy atom. The minimum Gasteiger partial charge on any atom is -0.311 e. The van der Waals surface area contributed by atoms with E-state index >= 15 is 0 Å². The van der Waals surface area contributed by atoms with Crippen molar-refractivity contribution < 1.29 is 0 Å². The molecule has 0 amide bonds. The SMILES string of the molecule is CC1(C)c2cccc3c2B2c4c(cccc4N(c4ccccc4)c4c2c1c1c2ccccc2n2c5ccccc5c4c12)N3c1ccccc1. The Morgan fingerprint density at radius 1 is 0.469 bits per heavy atom. The summed E-state index contributed by atoms with van der Waals surface area (Å²) in [4.78, 5) is 5.12. The molecule has 49 heavy (non-hydrogen) atoms. The van der Waals surface area contributed by atoms with Crippen molar-refractivity contribution in [3.05, 3.63) is 157 Å². The fourth-order valence-corrected chi connectivity index (χ4v) is 10.1. The fraction of sp³-hybridized carbons (Fsp3) is 0.0667. The highest BCUT2D eigenvalue weighted by Crippen LogP contribution is 2.55. The zero-order valence-electron chi connectivity index (χ0n) is 27.3. The van der Waals surface area contributed by atoms with E-state index in [1.807, 2.05) is 0 Å². The second-order valence-corrected chi connectivity index (χ2v) is 14.5. The second kappa shape index (κ2) is 8.72. The third-order valence-corrected chi connectivity index (χ3v) is 11.8. The zero-order valence-corrected chi connectivity index (χ0v) is 27.3. The summed E-state index contributed by atoms with van der Waals surface area (Å²) in [6.45, 7) is 5.05. The second-order valence-electron chi connectivity index (χ2n) is 14.5. The van der Waals surface area contributed by atoms with Crippen LogP contribution in [0.15, 0.2) is 146 Å². The van der Waals surface area contributed by atoms with Crippen LogP contribution in [0, 0.1) is 0 Å². The molecule has 0 N–H and O–H groups in total. The Kier molecular flexibility index (Phi) is 4.63. The molecule has 0 saturated heterocycles. The van der Waals surface area contributed by atoms with Crippen LogP contribution in [0.3, 0.4) is 0 Å². The Bertz CT molecular complexity index is 2870. The smallest absolute Gasteiger partial charge is 0.253 e. The summed E-state index contributed by atoms with van der Waals surface area (Å²) in [5.74, 6) is 0. The lowest BCUT2D eigenvalue weighted by molar-refractivity contribution is 0.652. The highest BCUT2D eigenvalue weighted by molar-refractivity contribution is 7.01. The van der Waals surface area contributed by atoms with E-state index in [0.29, 0.717) is 0 Å². The van der Waals surface area contributed by atoms with Gasteiger partial charge in [-0.1, -0.05) is 105 Å². The van der Waals surface area contributed by atoms with Gasteiger partial charge < -0.3 is 14.2 Å². The van der Waals surface area contributed by atoms with Gasteiger partial charge in [-0.2, -0.15) is 0 Å². The topological polar surface area (TPSA) is 10.9 Å². The summed E-state index contributed by atoms with van der Waals surface area (Å²) in [5.41, 5.74) is 18.3. The third-order valence-electron chi connectivity index (χ3n) is 11.8. The molecule has 3 nitrogen and oxygen atoms in total. The molecule has 9 aromatic rings. The van der Waals surface area contributed by atoms with Crippen LogP contribution in [-0.4, -0.2) is 11.1 Å². The van der Waals surface area contributed by atoms with E-state index in [9.17, 15) is 0 Å². The van der Waals surface area contributed by atoms with E-state index in [-0.39, 0.29) is 12.1 Å². The zero-order chi connectivity index (χ0) is 32.2. The van der Waals surface area contributed by atoms with Gasteiger partial charge in [0.25, 0.3) is 6.71 Å². The highest BCUT2D eigenvalue weighted by Gasteiger charge is 2.53. The van der Waals surface area contributed by atoms with Crippen molar-refractivity contribution in [2.24, 2.45) is 0 Å². The molecule has 2 aromatic heterocycles. The number of fused-ring (bicyclic) bond motifs is 8. The van der Waals surface area contributed by atoms with Crippen molar-refractivity contribution in [3.63, 3.8) is 0 Å². The highest BCUT2D eigenvalue weighted by atomic mass is 15.2. The van der Waals surface area contributed by atoms with Gasteiger partial charge in [0.2, 0.25) is 0 Å². The van der Waals surface area contributed by atoms with E-state index in [1.54, 1.807) is 0 Å². The molecule has 0 fully saturated rings. The Balaban J connectivity index is 1.38. The first kappa shape index (κ1) is 26.0. The van der Waals surface area contributed by atoms with Gasteiger partial charge >= 0.3 is 0 Å². The first-order valence-electron chi connectivity index (χ1n) is 17.3. The molecule has 228 valence electrons. The van der Waals surface area contributed by atoms with Crippen molar-refractivity contribution >= 4 is 95.3 Å². The van der Waals surface area contributed by atoms with E-state index in [1.165, 1.54) is 99.7 Å². The minimum atomic E-state index is -0.261. The summed E-state index contributed by atoms with van der Waals surface area (Å²) in [5, 5.41) is 5.40. The largest absolute Gasteiger partial charge is 0.311 e. The van der Waals surface area contributed by atoms with Crippen molar-refractivity contribution in [1.29, 1.82) is 0 Å². The van der Waals surface area contributed by atoms with Gasteiger partial charge in [0.1, 0.15) is 0 Å². The average molecular weight is 624 g/mol. The molecule has 0 bridgehead atoms. The van der Waals surface area contributed by atoms with Crippen LogP contribution in [0.1, 0.15) is 25.0 Å². The van der Waals surface area contributed by atoms with E-state index in [2.05, 4.69) is 174 Å². The normalized spacial score (nSPS) is 15.2. The number of rotatable bonds is 2. The van der Waals surface area contributed by atoms with Gasteiger partial charge in [-0.3, -0.25) is 0 Å². The fourth-order valence-electron chi connectivity index (χ4n) is 10.1.